The van der Waals surface area contributed by atoms with Crippen LogP contribution < -0.4 is 16.2 Å². The summed E-state index contributed by atoms with van der Waals surface area (Å²) in [6.07, 6.45) is 1.41. The molecule has 0 bridgehead atoms. The van der Waals surface area contributed by atoms with E-state index >= 15 is 0 Å². The Kier molecular flexibility index (Phi) is 4.34. The van der Waals surface area contributed by atoms with Crippen molar-refractivity contribution in [2.75, 3.05) is 6.61 Å². The predicted molar refractivity (Wildman–Crippen MR) is 88.7 cm³/mol. The number of esters is 1. The molecule has 24 heavy (non-hydrogen) atoms. The molecule has 9 heteroatoms. The predicted octanol–water partition coefficient (Wildman–Crippen LogP) is 0.976. The SMILES string of the molecule is CCOC(=O)C1=C(Cn2cnc3sccc3c2=O)NC(=O)N[C@@H]1C. The van der Waals surface area contributed by atoms with Gasteiger partial charge in [0, 0.05) is 0 Å². The summed E-state index contributed by atoms with van der Waals surface area (Å²) in [6, 6.07) is 0.764. The highest BCUT2D eigenvalue weighted by Gasteiger charge is 2.30. The smallest absolute Gasteiger partial charge is 0.337 e. The van der Waals surface area contributed by atoms with Crippen molar-refractivity contribution in [3.8, 4) is 0 Å². The van der Waals surface area contributed by atoms with Crippen LogP contribution in [0.15, 0.2) is 33.8 Å². The van der Waals surface area contributed by atoms with Crippen LogP contribution in [0.2, 0.25) is 0 Å². The Morgan fingerprint density at radius 2 is 2.25 bits per heavy atom. The molecule has 0 fully saturated rings. The van der Waals surface area contributed by atoms with Gasteiger partial charge in [-0.2, -0.15) is 0 Å². The van der Waals surface area contributed by atoms with E-state index in [1.54, 1.807) is 25.3 Å². The van der Waals surface area contributed by atoms with Gasteiger partial charge in [0.25, 0.3) is 5.56 Å². The average molecular weight is 348 g/mol. The number of allylic oxidation sites excluding steroid dienone is 1. The highest BCUT2D eigenvalue weighted by atomic mass is 32.1. The van der Waals surface area contributed by atoms with E-state index in [9.17, 15) is 14.4 Å². The summed E-state index contributed by atoms with van der Waals surface area (Å²) in [6.45, 7) is 3.65. The summed E-state index contributed by atoms with van der Waals surface area (Å²) < 4.78 is 6.42. The summed E-state index contributed by atoms with van der Waals surface area (Å²) in [7, 11) is 0. The quantitative estimate of drug-likeness (QED) is 0.802. The second kappa shape index (κ2) is 6.44. The Bertz CT molecular complexity index is 898. The lowest BCUT2D eigenvalue weighted by molar-refractivity contribution is -0.139. The van der Waals surface area contributed by atoms with Crippen LogP contribution in [0.5, 0.6) is 0 Å². The topological polar surface area (TPSA) is 102 Å². The first kappa shape index (κ1) is 16.2. The third-order valence-corrected chi connectivity index (χ3v) is 4.47. The van der Waals surface area contributed by atoms with Crippen LogP contribution >= 0.6 is 11.3 Å². The van der Waals surface area contributed by atoms with Gasteiger partial charge in [-0.15, -0.1) is 11.3 Å². The van der Waals surface area contributed by atoms with Gasteiger partial charge in [-0.1, -0.05) is 0 Å². The van der Waals surface area contributed by atoms with Crippen LogP contribution in [-0.4, -0.2) is 34.2 Å². The van der Waals surface area contributed by atoms with Gasteiger partial charge in [-0.05, 0) is 25.3 Å². The Morgan fingerprint density at radius 1 is 1.46 bits per heavy atom. The number of hydrogen-bond acceptors (Lipinski definition) is 6. The molecule has 3 heterocycles. The highest BCUT2D eigenvalue weighted by Crippen LogP contribution is 2.17. The van der Waals surface area contributed by atoms with Crippen molar-refractivity contribution in [2.24, 2.45) is 0 Å². The van der Waals surface area contributed by atoms with Gasteiger partial charge in [0.2, 0.25) is 0 Å². The second-order valence-electron chi connectivity index (χ2n) is 5.25. The highest BCUT2D eigenvalue weighted by molar-refractivity contribution is 7.16. The molecule has 0 unspecified atom stereocenters. The first-order valence-electron chi connectivity index (χ1n) is 7.41. The number of ether oxygens (including phenoxy) is 1. The molecule has 126 valence electrons. The number of rotatable bonds is 4. The number of aromatic nitrogens is 2. The number of fused-ring (bicyclic) bond motifs is 1. The van der Waals surface area contributed by atoms with Crippen LogP contribution in [0.25, 0.3) is 10.2 Å². The molecule has 2 amide bonds. The normalized spacial score (nSPS) is 17.6. The number of carbonyl (C=O) groups excluding carboxylic acids is 2. The monoisotopic (exact) mass is 348 g/mol. The van der Waals surface area contributed by atoms with Gasteiger partial charge >= 0.3 is 12.0 Å². The lowest BCUT2D eigenvalue weighted by Gasteiger charge is -2.26. The van der Waals surface area contributed by atoms with E-state index in [0.29, 0.717) is 21.5 Å². The van der Waals surface area contributed by atoms with Crippen LogP contribution in [0.3, 0.4) is 0 Å². The van der Waals surface area contributed by atoms with Crippen LogP contribution in [0.4, 0.5) is 4.79 Å². The summed E-state index contributed by atoms with van der Waals surface area (Å²) in [5, 5.41) is 7.51. The van der Waals surface area contributed by atoms with Crippen molar-refractivity contribution < 1.29 is 14.3 Å². The van der Waals surface area contributed by atoms with Crippen molar-refractivity contribution in [1.82, 2.24) is 20.2 Å². The third kappa shape index (κ3) is 2.90. The van der Waals surface area contributed by atoms with Gasteiger partial charge < -0.3 is 15.4 Å². The number of nitrogens with one attached hydrogen (secondary N) is 2. The molecule has 0 aromatic carbocycles. The molecule has 1 aliphatic rings. The van der Waals surface area contributed by atoms with Gasteiger partial charge in [0.1, 0.15) is 4.83 Å². The molecule has 1 aliphatic heterocycles. The number of amides is 2. The zero-order chi connectivity index (χ0) is 17.3. The van der Waals surface area contributed by atoms with E-state index in [0.717, 1.165) is 0 Å². The molecule has 2 N–H and O–H groups in total. The Hall–Kier alpha value is -2.68. The fraction of sp³-hybridized carbons (Fsp3) is 0.333. The van der Waals surface area contributed by atoms with Crippen molar-refractivity contribution in [3.63, 3.8) is 0 Å². The van der Waals surface area contributed by atoms with Crippen molar-refractivity contribution >= 4 is 33.6 Å². The molecule has 8 nitrogen and oxygen atoms in total. The van der Waals surface area contributed by atoms with Crippen LogP contribution in [0.1, 0.15) is 13.8 Å². The Morgan fingerprint density at radius 3 is 3.00 bits per heavy atom. The minimum absolute atomic E-state index is 0.0313. The first-order chi connectivity index (χ1) is 11.5. The largest absolute Gasteiger partial charge is 0.463 e. The fourth-order valence-corrected chi connectivity index (χ4v) is 3.30. The fourth-order valence-electron chi connectivity index (χ4n) is 2.58. The van der Waals surface area contributed by atoms with Crippen LogP contribution in [0, 0.1) is 0 Å². The number of nitrogens with zero attached hydrogens (tertiary/aromatic N) is 2. The van der Waals surface area contributed by atoms with E-state index in [1.807, 2.05) is 0 Å². The number of thiophene rings is 1. The molecule has 2 aromatic rings. The van der Waals surface area contributed by atoms with Crippen molar-refractivity contribution in [2.45, 2.75) is 26.4 Å². The standard InChI is InChI=1S/C15H16N4O4S/c1-3-23-14(21)11-8(2)17-15(22)18-10(11)6-19-7-16-12-9(13(19)20)4-5-24-12/h4-5,7-8H,3,6H2,1-2H3,(H2,17,18,22)/t8-/m1/s1. The van der Waals surface area contributed by atoms with Gasteiger partial charge in [0.15, 0.2) is 0 Å². The lowest BCUT2D eigenvalue weighted by Crippen LogP contribution is -2.50. The summed E-state index contributed by atoms with van der Waals surface area (Å²) in [5.41, 5.74) is 0.411. The molecular weight excluding hydrogens is 332 g/mol. The van der Waals surface area contributed by atoms with E-state index in [1.165, 1.54) is 22.2 Å². The zero-order valence-electron chi connectivity index (χ0n) is 13.2. The summed E-state index contributed by atoms with van der Waals surface area (Å²) >= 11 is 1.38. The third-order valence-electron chi connectivity index (χ3n) is 3.64. The molecule has 0 aliphatic carbocycles. The minimum Gasteiger partial charge on any atom is -0.463 e. The Balaban J connectivity index is 2.03. The lowest BCUT2D eigenvalue weighted by atomic mass is 10.0. The second-order valence-corrected chi connectivity index (χ2v) is 6.14. The zero-order valence-corrected chi connectivity index (χ0v) is 14.0. The first-order valence-corrected chi connectivity index (χ1v) is 8.29. The molecular formula is C15H16N4O4S. The van der Waals surface area contributed by atoms with Gasteiger partial charge in [-0.25, -0.2) is 14.6 Å². The minimum atomic E-state index is -0.523. The molecule has 0 spiro atoms. The summed E-state index contributed by atoms with van der Waals surface area (Å²) in [4.78, 5) is 41.3. The maximum Gasteiger partial charge on any atom is 0.337 e. The van der Waals surface area contributed by atoms with Gasteiger partial charge in [-0.3, -0.25) is 9.36 Å². The molecule has 0 radical (unpaired) electrons. The molecule has 1 atom stereocenters. The van der Waals surface area contributed by atoms with E-state index in [-0.39, 0.29) is 18.7 Å². The van der Waals surface area contributed by atoms with Crippen molar-refractivity contribution in [1.29, 1.82) is 0 Å². The maximum absolute atomic E-state index is 12.5. The summed E-state index contributed by atoms with van der Waals surface area (Å²) in [5.74, 6) is -0.523. The number of hydrogen-bond donors (Lipinski definition) is 2. The van der Waals surface area contributed by atoms with Crippen molar-refractivity contribution in [3.05, 3.63) is 39.4 Å². The molecule has 0 saturated heterocycles. The Labute approximate surface area is 141 Å². The van der Waals surface area contributed by atoms with E-state index in [4.69, 9.17) is 4.74 Å². The van der Waals surface area contributed by atoms with E-state index in [2.05, 4.69) is 15.6 Å². The maximum atomic E-state index is 12.5. The average Bonchev–Trinajstić information content (AvgIpc) is 2.99. The number of urea groups is 1. The molecule has 3 rings (SSSR count). The molecule has 2 aromatic heterocycles. The van der Waals surface area contributed by atoms with Crippen LogP contribution in [-0.2, 0) is 16.1 Å². The molecule has 0 saturated carbocycles. The van der Waals surface area contributed by atoms with Gasteiger partial charge in [0.05, 0.1) is 42.2 Å². The van der Waals surface area contributed by atoms with E-state index < -0.39 is 18.0 Å². The number of carbonyl (C=O) groups is 2.